The standard InChI is InChI=1S/C21H29FN2O3S/c1-14(18-12-15-5-6-16(18)11-15)23-21(25)17-7-8-19(22)20(13-17)28(26,27)24-9-3-2-4-10-24/h7-8,13-16,18H,2-6,9-12H2,1H3,(H,23,25). The molecule has 0 spiro atoms. The van der Waals surface area contributed by atoms with Crippen molar-refractivity contribution in [3.63, 3.8) is 0 Å². The summed E-state index contributed by atoms with van der Waals surface area (Å²) in [6.07, 6.45) is 7.51. The number of amides is 1. The van der Waals surface area contributed by atoms with Crippen LogP contribution < -0.4 is 5.32 Å². The number of sulfonamides is 1. The van der Waals surface area contributed by atoms with Gasteiger partial charge in [-0.1, -0.05) is 12.8 Å². The Hall–Kier alpha value is -1.47. The minimum atomic E-state index is -3.92. The molecule has 28 heavy (non-hydrogen) atoms. The quantitative estimate of drug-likeness (QED) is 0.810. The molecule has 2 aliphatic carbocycles. The fraction of sp³-hybridized carbons (Fsp3) is 0.667. The number of piperidine rings is 1. The summed E-state index contributed by atoms with van der Waals surface area (Å²) in [5, 5.41) is 3.03. The van der Waals surface area contributed by atoms with Crippen molar-refractivity contribution >= 4 is 15.9 Å². The topological polar surface area (TPSA) is 66.5 Å². The van der Waals surface area contributed by atoms with Crippen molar-refractivity contribution < 1.29 is 17.6 Å². The third kappa shape index (κ3) is 3.71. The van der Waals surface area contributed by atoms with E-state index in [9.17, 15) is 17.6 Å². The summed E-state index contributed by atoms with van der Waals surface area (Å²) in [5.74, 6) is 0.832. The van der Waals surface area contributed by atoms with Crippen LogP contribution in [-0.2, 0) is 10.0 Å². The number of carbonyl (C=O) groups excluding carboxylic acids is 1. The molecule has 1 aromatic carbocycles. The first-order valence-corrected chi connectivity index (χ1v) is 11.9. The van der Waals surface area contributed by atoms with Crippen molar-refractivity contribution in [2.75, 3.05) is 13.1 Å². The van der Waals surface area contributed by atoms with Gasteiger partial charge in [0.2, 0.25) is 10.0 Å². The molecule has 2 bridgehead atoms. The van der Waals surface area contributed by atoms with Crippen LogP contribution in [-0.4, -0.2) is 37.8 Å². The Morgan fingerprint density at radius 1 is 1.18 bits per heavy atom. The fourth-order valence-corrected chi connectivity index (χ4v) is 7.00. The van der Waals surface area contributed by atoms with Crippen LogP contribution in [0.4, 0.5) is 4.39 Å². The summed E-state index contributed by atoms with van der Waals surface area (Å²) in [5.41, 5.74) is 0.201. The van der Waals surface area contributed by atoms with Gasteiger partial charge in [-0.25, -0.2) is 12.8 Å². The molecule has 1 saturated heterocycles. The summed E-state index contributed by atoms with van der Waals surface area (Å²) in [4.78, 5) is 12.3. The Labute approximate surface area is 166 Å². The van der Waals surface area contributed by atoms with Crippen LogP contribution >= 0.6 is 0 Å². The number of nitrogens with one attached hydrogen (secondary N) is 1. The van der Waals surface area contributed by atoms with Crippen LogP contribution in [0.3, 0.4) is 0 Å². The highest BCUT2D eigenvalue weighted by atomic mass is 32.2. The summed E-state index contributed by atoms with van der Waals surface area (Å²) in [7, 11) is -3.92. The number of hydrogen-bond donors (Lipinski definition) is 1. The third-order valence-electron chi connectivity index (χ3n) is 6.92. The molecule has 1 amide bonds. The summed E-state index contributed by atoms with van der Waals surface area (Å²) >= 11 is 0. The van der Waals surface area contributed by atoms with Gasteiger partial charge in [-0.3, -0.25) is 4.79 Å². The minimum Gasteiger partial charge on any atom is -0.349 e. The number of rotatable bonds is 5. The monoisotopic (exact) mass is 408 g/mol. The van der Waals surface area contributed by atoms with Crippen LogP contribution in [0, 0.1) is 23.6 Å². The van der Waals surface area contributed by atoms with Gasteiger partial charge >= 0.3 is 0 Å². The first kappa shape index (κ1) is 19.8. The predicted octanol–water partition coefficient (Wildman–Crippen LogP) is 3.55. The fourth-order valence-electron chi connectivity index (χ4n) is 5.39. The molecule has 0 aromatic heterocycles. The highest BCUT2D eigenvalue weighted by Gasteiger charge is 2.42. The Morgan fingerprint density at radius 3 is 2.57 bits per heavy atom. The summed E-state index contributed by atoms with van der Waals surface area (Å²) in [6.45, 7) is 2.83. The number of halogens is 1. The second kappa shape index (κ2) is 7.75. The van der Waals surface area contributed by atoms with E-state index in [1.807, 2.05) is 6.92 Å². The van der Waals surface area contributed by atoms with Crippen molar-refractivity contribution in [3.8, 4) is 0 Å². The molecule has 4 unspecified atom stereocenters. The Bertz CT molecular complexity index is 851. The molecule has 3 fully saturated rings. The minimum absolute atomic E-state index is 0.0370. The molecule has 0 radical (unpaired) electrons. The van der Waals surface area contributed by atoms with E-state index in [4.69, 9.17) is 0 Å². The van der Waals surface area contributed by atoms with Gasteiger partial charge in [0.05, 0.1) is 0 Å². The lowest BCUT2D eigenvalue weighted by atomic mass is 9.84. The van der Waals surface area contributed by atoms with Crippen molar-refractivity contribution in [3.05, 3.63) is 29.6 Å². The van der Waals surface area contributed by atoms with Crippen molar-refractivity contribution in [1.82, 2.24) is 9.62 Å². The normalized spacial score (nSPS) is 29.0. The van der Waals surface area contributed by atoms with Gasteiger partial charge in [0.15, 0.2) is 0 Å². The van der Waals surface area contributed by atoms with Gasteiger partial charge in [0.25, 0.3) is 5.91 Å². The van der Waals surface area contributed by atoms with Crippen LogP contribution in [0.2, 0.25) is 0 Å². The van der Waals surface area contributed by atoms with Crippen LogP contribution in [0.5, 0.6) is 0 Å². The van der Waals surface area contributed by atoms with Gasteiger partial charge in [-0.15, -0.1) is 0 Å². The first-order chi connectivity index (χ1) is 13.4. The number of nitrogens with zero attached hydrogens (tertiary/aromatic N) is 1. The number of benzene rings is 1. The van der Waals surface area contributed by atoms with Gasteiger partial charge in [0, 0.05) is 24.7 Å². The molecule has 4 rings (SSSR count). The van der Waals surface area contributed by atoms with Crippen molar-refractivity contribution in [2.45, 2.75) is 62.8 Å². The smallest absolute Gasteiger partial charge is 0.251 e. The molecular formula is C21H29FN2O3S. The molecule has 154 valence electrons. The zero-order chi connectivity index (χ0) is 19.9. The maximum atomic E-state index is 14.4. The van der Waals surface area contributed by atoms with Gasteiger partial charge < -0.3 is 5.32 Å². The molecule has 7 heteroatoms. The van der Waals surface area contributed by atoms with E-state index in [1.165, 1.54) is 35.7 Å². The van der Waals surface area contributed by atoms with Crippen molar-refractivity contribution in [2.24, 2.45) is 17.8 Å². The largest absolute Gasteiger partial charge is 0.349 e. The Kier molecular flexibility index (Phi) is 5.49. The maximum Gasteiger partial charge on any atom is 0.251 e. The second-order valence-electron chi connectivity index (χ2n) is 8.71. The van der Waals surface area contributed by atoms with E-state index in [2.05, 4.69) is 5.32 Å². The predicted molar refractivity (Wildman–Crippen MR) is 105 cm³/mol. The summed E-state index contributed by atoms with van der Waals surface area (Å²) in [6, 6.07) is 3.69. The molecule has 3 aliphatic rings. The van der Waals surface area contributed by atoms with Crippen molar-refractivity contribution in [1.29, 1.82) is 0 Å². The summed E-state index contributed by atoms with van der Waals surface area (Å²) < 4.78 is 41.4. The van der Waals surface area contributed by atoms with E-state index in [0.717, 1.165) is 37.7 Å². The molecule has 1 heterocycles. The Balaban J connectivity index is 1.50. The highest BCUT2D eigenvalue weighted by molar-refractivity contribution is 7.89. The van der Waals surface area contributed by atoms with E-state index >= 15 is 0 Å². The zero-order valence-electron chi connectivity index (χ0n) is 16.4. The maximum absolute atomic E-state index is 14.4. The van der Waals surface area contributed by atoms with Crippen LogP contribution in [0.15, 0.2) is 23.1 Å². The van der Waals surface area contributed by atoms with E-state index < -0.39 is 20.7 Å². The SMILES string of the molecule is CC(NC(=O)c1ccc(F)c(S(=O)(=O)N2CCCCC2)c1)C1CC2CCC1C2. The number of fused-ring (bicyclic) bond motifs is 2. The molecule has 1 N–H and O–H groups in total. The van der Waals surface area contributed by atoms with Gasteiger partial charge in [0.1, 0.15) is 10.7 Å². The lowest BCUT2D eigenvalue weighted by Crippen LogP contribution is -2.40. The lowest BCUT2D eigenvalue weighted by Gasteiger charge is -2.28. The van der Waals surface area contributed by atoms with Gasteiger partial charge in [-0.2, -0.15) is 4.31 Å². The molecular weight excluding hydrogens is 379 g/mol. The zero-order valence-corrected chi connectivity index (χ0v) is 17.2. The lowest BCUT2D eigenvalue weighted by molar-refractivity contribution is 0.0915. The molecule has 5 nitrogen and oxygen atoms in total. The van der Waals surface area contributed by atoms with E-state index in [-0.39, 0.29) is 17.5 Å². The number of carbonyl (C=O) groups is 1. The molecule has 4 atom stereocenters. The van der Waals surface area contributed by atoms with Crippen LogP contribution in [0.1, 0.15) is 62.2 Å². The third-order valence-corrected chi connectivity index (χ3v) is 8.83. The van der Waals surface area contributed by atoms with Gasteiger partial charge in [-0.05, 0) is 75.0 Å². The van der Waals surface area contributed by atoms with Crippen LogP contribution in [0.25, 0.3) is 0 Å². The first-order valence-electron chi connectivity index (χ1n) is 10.5. The number of hydrogen-bond acceptors (Lipinski definition) is 3. The molecule has 1 aromatic rings. The van der Waals surface area contributed by atoms with E-state index in [0.29, 0.717) is 24.9 Å². The average molecular weight is 409 g/mol. The van der Waals surface area contributed by atoms with E-state index in [1.54, 1.807) is 0 Å². The average Bonchev–Trinajstić information content (AvgIpc) is 3.32. The Morgan fingerprint density at radius 2 is 1.93 bits per heavy atom. The highest BCUT2D eigenvalue weighted by Crippen LogP contribution is 2.49. The molecule has 2 saturated carbocycles. The molecule has 1 aliphatic heterocycles. The second-order valence-corrected chi connectivity index (χ2v) is 10.6.